The number of amides is 1. The van der Waals surface area contributed by atoms with E-state index in [4.69, 9.17) is 9.47 Å². The molecule has 0 atom stereocenters. The van der Waals surface area contributed by atoms with Crippen LogP contribution in [0, 0.1) is 23.3 Å². The topological polar surface area (TPSA) is 151 Å². The molecule has 3 aromatic carbocycles. The van der Waals surface area contributed by atoms with E-state index in [1.807, 2.05) is 0 Å². The lowest BCUT2D eigenvalue weighted by molar-refractivity contribution is -0.0506. The number of carbonyl (C=O) groups excluding carboxylic acids is 2. The maximum absolute atomic E-state index is 15.9. The van der Waals surface area contributed by atoms with Crippen LogP contribution in [0.4, 0.5) is 43.9 Å². The number of hydrogen-bond donors (Lipinski definition) is 1. The Balaban J connectivity index is 1.62. The van der Waals surface area contributed by atoms with Gasteiger partial charge in [-0.05, 0) is 43.2 Å². The van der Waals surface area contributed by atoms with Gasteiger partial charge < -0.3 is 23.2 Å². The molecule has 280 valence electrons. The van der Waals surface area contributed by atoms with Crippen molar-refractivity contribution in [3.05, 3.63) is 81.4 Å². The number of carbonyl (C=O) groups is 2. The lowest BCUT2D eigenvalue weighted by atomic mass is 9.76. The van der Waals surface area contributed by atoms with Gasteiger partial charge in [-0.25, -0.2) is 13.6 Å². The third-order valence-electron chi connectivity index (χ3n) is 8.25. The summed E-state index contributed by atoms with van der Waals surface area (Å²) in [5.74, 6) is -19.8. The highest BCUT2D eigenvalue weighted by Gasteiger charge is 2.58. The van der Waals surface area contributed by atoms with Gasteiger partial charge in [-0.15, -0.1) is 0 Å². The van der Waals surface area contributed by atoms with Crippen molar-refractivity contribution < 1.29 is 88.2 Å². The second kappa shape index (κ2) is 12.1. The van der Waals surface area contributed by atoms with Gasteiger partial charge in [-0.2, -0.15) is 52.0 Å². The molecular weight excluding hydrogens is 776 g/mol. The Morgan fingerprint density at radius 3 is 1.69 bits per heavy atom. The van der Waals surface area contributed by atoms with E-state index in [-0.39, 0.29) is 23.7 Å². The number of nitrogens with one attached hydrogen (secondary N) is 1. The summed E-state index contributed by atoms with van der Waals surface area (Å²) in [7, 11) is -13.7. The van der Waals surface area contributed by atoms with Crippen LogP contribution in [0.2, 0.25) is 0 Å². The van der Waals surface area contributed by atoms with E-state index in [1.165, 1.54) is 0 Å². The molecule has 2 aliphatic heterocycles. The molecule has 1 amide bonds. The number of ether oxygens (including phenoxy) is 2. The molecule has 52 heavy (non-hydrogen) atoms. The van der Waals surface area contributed by atoms with Crippen LogP contribution >= 0.6 is 0 Å². The van der Waals surface area contributed by atoms with E-state index in [0.29, 0.717) is 12.8 Å². The summed E-state index contributed by atoms with van der Waals surface area (Å²) in [6.07, 6.45) is 3.61. The monoisotopic (exact) mass is 793 g/mol. The number of esters is 1. The van der Waals surface area contributed by atoms with Gasteiger partial charge >= 0.3 is 37.2 Å². The number of alkyl halides is 6. The van der Waals surface area contributed by atoms with Crippen molar-refractivity contribution >= 4 is 32.1 Å². The van der Waals surface area contributed by atoms with Gasteiger partial charge in [0.05, 0.1) is 16.7 Å². The normalized spacial score (nSPS) is 17.1. The van der Waals surface area contributed by atoms with E-state index in [2.05, 4.69) is 13.7 Å². The maximum Gasteiger partial charge on any atom is 0.534 e. The van der Waals surface area contributed by atoms with Crippen LogP contribution in [0.25, 0.3) is 0 Å². The fourth-order valence-electron chi connectivity index (χ4n) is 5.92. The summed E-state index contributed by atoms with van der Waals surface area (Å²) in [6, 6.07) is 2.63. The standard InChI is InChI=1S/C29H17F10NO10S2/c30-17-9-15-21(19(32)23(17)49-51(43,44)28(34,35)36)47-22-16(10-18(31)24(20(22)33)50-52(45,46)29(37,38)39)27(15)14-8-11(6-7-13(14)26(42)48-27)25(41)40-12-4-2-1-3-5-12/h6-10,12H,1-5H2,(H,40,41). The first-order valence-electron chi connectivity index (χ1n) is 14.4. The van der Waals surface area contributed by atoms with Crippen LogP contribution < -0.4 is 18.4 Å². The van der Waals surface area contributed by atoms with E-state index in [1.54, 1.807) is 0 Å². The van der Waals surface area contributed by atoms with E-state index < -0.39 is 117 Å². The molecular formula is C29H17F10NO10S2. The number of rotatable bonds is 6. The Morgan fingerprint density at radius 1 is 0.750 bits per heavy atom. The Morgan fingerprint density at radius 2 is 1.23 bits per heavy atom. The predicted molar refractivity (Wildman–Crippen MR) is 150 cm³/mol. The number of benzene rings is 3. The highest BCUT2D eigenvalue weighted by molar-refractivity contribution is 7.88. The molecule has 0 aromatic heterocycles. The molecule has 0 bridgehead atoms. The SMILES string of the molecule is O=C(NC1CCCCC1)c1ccc2c(c1)C1(OC2=O)c2cc(F)c(OS(=O)(=O)C(F)(F)F)c(F)c2Oc2c1cc(F)c(OS(=O)(=O)C(F)(F)F)c2F. The second-order valence-electron chi connectivity index (χ2n) is 11.5. The summed E-state index contributed by atoms with van der Waals surface area (Å²) in [4.78, 5) is 26.5. The smallest absolute Gasteiger partial charge is 0.450 e. The quantitative estimate of drug-likeness (QED) is 0.130. The van der Waals surface area contributed by atoms with Crippen molar-refractivity contribution in [3.8, 4) is 23.0 Å². The average molecular weight is 794 g/mol. The minimum absolute atomic E-state index is 0.00800. The summed E-state index contributed by atoms with van der Waals surface area (Å²) in [6.45, 7) is 0. The molecule has 1 fully saturated rings. The number of fused-ring (bicyclic) bond motifs is 6. The van der Waals surface area contributed by atoms with Crippen molar-refractivity contribution in [1.29, 1.82) is 0 Å². The van der Waals surface area contributed by atoms with Crippen LogP contribution in [-0.2, 0) is 30.6 Å². The van der Waals surface area contributed by atoms with Crippen molar-refractivity contribution in [1.82, 2.24) is 5.32 Å². The fourth-order valence-corrected chi connectivity index (χ4v) is 6.86. The zero-order valence-corrected chi connectivity index (χ0v) is 26.8. The number of hydrogen-bond acceptors (Lipinski definition) is 10. The van der Waals surface area contributed by atoms with Crippen LogP contribution in [0.1, 0.15) is 69.5 Å². The molecule has 0 saturated heterocycles. The van der Waals surface area contributed by atoms with Crippen molar-refractivity contribution in [2.45, 2.75) is 54.8 Å². The lowest BCUT2D eigenvalue weighted by Crippen LogP contribution is -2.37. The Bertz CT molecular complexity index is 2160. The zero-order chi connectivity index (χ0) is 38.3. The largest absolute Gasteiger partial charge is 0.534 e. The van der Waals surface area contributed by atoms with Gasteiger partial charge in [0.25, 0.3) is 5.91 Å². The first-order valence-corrected chi connectivity index (χ1v) is 17.2. The van der Waals surface area contributed by atoms with Crippen molar-refractivity contribution in [2.75, 3.05) is 0 Å². The summed E-state index contributed by atoms with van der Waals surface area (Å²) >= 11 is 0. The third kappa shape index (κ3) is 5.82. The summed E-state index contributed by atoms with van der Waals surface area (Å²) in [5.41, 5.74) is -19.4. The summed E-state index contributed by atoms with van der Waals surface area (Å²) in [5, 5.41) is 2.73. The molecule has 11 nitrogen and oxygen atoms in total. The van der Waals surface area contributed by atoms with E-state index >= 15 is 17.6 Å². The first kappa shape index (κ1) is 37.0. The van der Waals surface area contributed by atoms with Gasteiger partial charge in [0.2, 0.25) is 23.1 Å². The molecule has 0 unspecified atom stereocenters. The second-order valence-corrected chi connectivity index (χ2v) is 14.5. The van der Waals surface area contributed by atoms with Gasteiger partial charge in [0.15, 0.2) is 28.7 Å². The van der Waals surface area contributed by atoms with Crippen LogP contribution in [0.5, 0.6) is 23.0 Å². The predicted octanol–water partition coefficient (Wildman–Crippen LogP) is 6.33. The lowest BCUT2D eigenvalue weighted by Gasteiger charge is -2.37. The van der Waals surface area contributed by atoms with Gasteiger partial charge in [-0.3, -0.25) is 4.79 Å². The third-order valence-corrected chi connectivity index (χ3v) is 10.2. The van der Waals surface area contributed by atoms with Crippen molar-refractivity contribution in [3.63, 3.8) is 0 Å². The highest BCUT2D eigenvalue weighted by atomic mass is 32.2. The fraction of sp³-hybridized carbons (Fsp3) is 0.310. The Kier molecular flexibility index (Phi) is 8.63. The molecule has 1 N–H and O–H groups in total. The molecule has 23 heteroatoms. The first-order chi connectivity index (χ1) is 24.0. The zero-order valence-electron chi connectivity index (χ0n) is 25.2. The molecule has 3 aliphatic rings. The summed E-state index contributed by atoms with van der Waals surface area (Å²) < 4.78 is 205. The molecule has 2 heterocycles. The van der Waals surface area contributed by atoms with Gasteiger partial charge in [0, 0.05) is 17.2 Å². The molecule has 1 saturated carbocycles. The molecule has 3 aromatic rings. The Labute approximate surface area is 284 Å². The van der Waals surface area contributed by atoms with Crippen LogP contribution in [-0.4, -0.2) is 45.8 Å². The average Bonchev–Trinajstić information content (AvgIpc) is 3.33. The van der Waals surface area contributed by atoms with Crippen molar-refractivity contribution in [2.24, 2.45) is 0 Å². The van der Waals surface area contributed by atoms with E-state index in [9.17, 15) is 52.8 Å². The molecule has 0 radical (unpaired) electrons. The highest BCUT2D eigenvalue weighted by Crippen LogP contribution is 2.60. The van der Waals surface area contributed by atoms with Crippen LogP contribution in [0.15, 0.2) is 30.3 Å². The Hall–Kier alpha value is -4.80. The van der Waals surface area contributed by atoms with Gasteiger partial charge in [0.1, 0.15) is 0 Å². The molecule has 1 aliphatic carbocycles. The molecule has 1 spiro atoms. The van der Waals surface area contributed by atoms with Gasteiger partial charge in [-0.1, -0.05) is 19.3 Å². The number of halogens is 10. The maximum atomic E-state index is 15.9. The minimum Gasteiger partial charge on any atom is -0.450 e. The van der Waals surface area contributed by atoms with E-state index in [0.717, 1.165) is 37.5 Å². The minimum atomic E-state index is -6.83. The van der Waals surface area contributed by atoms with Crippen LogP contribution in [0.3, 0.4) is 0 Å². The molecule has 6 rings (SSSR count).